The second kappa shape index (κ2) is 8.00. The number of hydrogen-bond acceptors (Lipinski definition) is 4. The summed E-state index contributed by atoms with van der Waals surface area (Å²) in [6.07, 6.45) is 3.67. The Morgan fingerprint density at radius 1 is 1.29 bits per heavy atom. The molecule has 2 unspecified atom stereocenters. The fraction of sp³-hybridized carbons (Fsp3) is 0.562. The van der Waals surface area contributed by atoms with Crippen molar-refractivity contribution in [3.8, 4) is 5.75 Å². The number of benzene rings is 1. The second-order valence-corrected chi connectivity index (χ2v) is 5.32. The van der Waals surface area contributed by atoms with Crippen LogP contribution in [0.2, 0.25) is 0 Å². The van der Waals surface area contributed by atoms with Crippen molar-refractivity contribution in [2.45, 2.75) is 44.3 Å². The third kappa shape index (κ3) is 5.02. The van der Waals surface area contributed by atoms with E-state index in [1.807, 2.05) is 12.1 Å². The van der Waals surface area contributed by atoms with Gasteiger partial charge in [0, 0.05) is 12.8 Å². The van der Waals surface area contributed by atoms with Gasteiger partial charge in [0.2, 0.25) is 5.91 Å². The minimum absolute atomic E-state index is 0.0757. The van der Waals surface area contributed by atoms with Gasteiger partial charge in [-0.25, -0.2) is 0 Å². The predicted molar refractivity (Wildman–Crippen MR) is 80.5 cm³/mol. The van der Waals surface area contributed by atoms with E-state index in [2.05, 4.69) is 5.32 Å². The van der Waals surface area contributed by atoms with Gasteiger partial charge in [0.05, 0.1) is 19.1 Å². The van der Waals surface area contributed by atoms with Gasteiger partial charge in [-0.1, -0.05) is 6.42 Å². The number of ether oxygens (including phenoxy) is 2. The first-order chi connectivity index (χ1) is 10.2. The van der Waals surface area contributed by atoms with Crippen LogP contribution in [0.4, 0.5) is 5.69 Å². The average molecular weight is 293 g/mol. The molecule has 5 nitrogen and oxygen atoms in total. The molecule has 1 amide bonds. The summed E-state index contributed by atoms with van der Waals surface area (Å²) in [6.45, 7) is 0.409. The van der Waals surface area contributed by atoms with Gasteiger partial charge < -0.3 is 19.9 Å². The van der Waals surface area contributed by atoms with Crippen LogP contribution < -0.4 is 10.1 Å². The van der Waals surface area contributed by atoms with Gasteiger partial charge in [0.1, 0.15) is 11.9 Å². The zero-order chi connectivity index (χ0) is 15.1. The fourth-order valence-electron chi connectivity index (χ4n) is 2.42. The molecule has 0 aromatic heterocycles. The van der Waals surface area contributed by atoms with Gasteiger partial charge in [0.15, 0.2) is 0 Å². The van der Waals surface area contributed by atoms with E-state index in [0.717, 1.165) is 37.1 Å². The predicted octanol–water partition coefficient (Wildman–Crippen LogP) is 2.34. The van der Waals surface area contributed by atoms with E-state index in [9.17, 15) is 9.90 Å². The summed E-state index contributed by atoms with van der Waals surface area (Å²) in [6, 6.07) is 7.23. The van der Waals surface area contributed by atoms with Crippen LogP contribution in [0.15, 0.2) is 24.3 Å². The molecule has 0 spiro atoms. The molecule has 0 bridgehead atoms. The first-order valence-corrected chi connectivity index (χ1v) is 7.42. The molecule has 1 aliphatic rings. The van der Waals surface area contributed by atoms with Gasteiger partial charge in [-0.05, 0) is 43.5 Å². The van der Waals surface area contributed by atoms with Crippen LogP contribution in [0, 0.1) is 0 Å². The maximum atomic E-state index is 11.6. The lowest BCUT2D eigenvalue weighted by atomic mass is 9.95. The smallest absolute Gasteiger partial charge is 0.226 e. The van der Waals surface area contributed by atoms with Gasteiger partial charge in [-0.3, -0.25) is 4.79 Å². The zero-order valence-electron chi connectivity index (χ0n) is 12.4. The molecule has 0 aliphatic heterocycles. The van der Waals surface area contributed by atoms with Crippen molar-refractivity contribution in [3.63, 3.8) is 0 Å². The quantitative estimate of drug-likeness (QED) is 0.845. The maximum Gasteiger partial charge on any atom is 0.226 e. The maximum absolute atomic E-state index is 11.6. The number of amides is 1. The third-order valence-corrected chi connectivity index (χ3v) is 3.63. The van der Waals surface area contributed by atoms with Crippen molar-refractivity contribution < 1.29 is 19.4 Å². The molecule has 2 atom stereocenters. The Morgan fingerprint density at radius 3 is 2.67 bits per heavy atom. The topological polar surface area (TPSA) is 67.8 Å². The molecular weight excluding hydrogens is 270 g/mol. The number of rotatable bonds is 6. The number of aliphatic hydroxyl groups is 1. The van der Waals surface area contributed by atoms with E-state index < -0.39 is 0 Å². The van der Waals surface area contributed by atoms with Crippen LogP contribution in [-0.2, 0) is 9.53 Å². The third-order valence-electron chi connectivity index (χ3n) is 3.63. The van der Waals surface area contributed by atoms with Crippen molar-refractivity contribution in [3.05, 3.63) is 24.3 Å². The number of carbonyl (C=O) groups excluding carboxylic acids is 1. The van der Waals surface area contributed by atoms with E-state index >= 15 is 0 Å². The van der Waals surface area contributed by atoms with E-state index in [1.54, 1.807) is 19.2 Å². The van der Waals surface area contributed by atoms with E-state index in [1.165, 1.54) is 0 Å². The van der Waals surface area contributed by atoms with Crippen molar-refractivity contribution in [2.75, 3.05) is 19.0 Å². The van der Waals surface area contributed by atoms with Crippen LogP contribution in [0.25, 0.3) is 0 Å². The van der Waals surface area contributed by atoms with E-state index in [0.29, 0.717) is 13.0 Å². The Kier molecular flexibility index (Phi) is 6.02. The normalized spacial score (nSPS) is 21.8. The van der Waals surface area contributed by atoms with Crippen LogP contribution >= 0.6 is 0 Å². The molecule has 21 heavy (non-hydrogen) atoms. The molecule has 0 radical (unpaired) electrons. The lowest BCUT2D eigenvalue weighted by molar-refractivity contribution is -0.117. The zero-order valence-corrected chi connectivity index (χ0v) is 12.4. The number of nitrogens with one attached hydrogen (secondary N) is 1. The standard InChI is InChI=1S/C16H23NO4/c1-20-11-10-16(19)17-12-6-8-13(9-7-12)21-15-5-3-2-4-14(15)18/h6-9,14-15,18H,2-5,10-11H2,1H3,(H,17,19). The molecule has 2 rings (SSSR count). The average Bonchev–Trinajstić information content (AvgIpc) is 2.49. The van der Waals surface area contributed by atoms with Crippen molar-refractivity contribution in [1.29, 1.82) is 0 Å². The largest absolute Gasteiger partial charge is 0.488 e. The molecular formula is C16H23NO4. The molecule has 1 saturated carbocycles. The highest BCUT2D eigenvalue weighted by Crippen LogP contribution is 2.24. The van der Waals surface area contributed by atoms with E-state index in [4.69, 9.17) is 9.47 Å². The summed E-state index contributed by atoms with van der Waals surface area (Å²) >= 11 is 0. The molecule has 2 N–H and O–H groups in total. The highest BCUT2D eigenvalue weighted by Gasteiger charge is 2.24. The molecule has 5 heteroatoms. The van der Waals surface area contributed by atoms with Crippen molar-refractivity contribution in [2.24, 2.45) is 0 Å². The van der Waals surface area contributed by atoms with Crippen LogP contribution in [0.3, 0.4) is 0 Å². The number of hydrogen-bond donors (Lipinski definition) is 2. The Labute approximate surface area is 125 Å². The van der Waals surface area contributed by atoms with Gasteiger partial charge in [-0.2, -0.15) is 0 Å². The Balaban J connectivity index is 1.85. The van der Waals surface area contributed by atoms with Gasteiger partial charge in [-0.15, -0.1) is 0 Å². The molecule has 1 aromatic rings. The Morgan fingerprint density at radius 2 is 2.00 bits per heavy atom. The number of methoxy groups -OCH3 is 1. The SMILES string of the molecule is COCCC(=O)Nc1ccc(OC2CCCCC2O)cc1. The molecule has 1 aromatic carbocycles. The van der Waals surface area contributed by atoms with Crippen molar-refractivity contribution >= 4 is 11.6 Å². The van der Waals surface area contributed by atoms with Gasteiger partial charge >= 0.3 is 0 Å². The molecule has 1 fully saturated rings. The molecule has 1 aliphatic carbocycles. The van der Waals surface area contributed by atoms with Crippen LogP contribution in [0.5, 0.6) is 5.75 Å². The Hall–Kier alpha value is -1.59. The number of carbonyl (C=O) groups is 1. The van der Waals surface area contributed by atoms with Crippen molar-refractivity contribution in [1.82, 2.24) is 0 Å². The number of anilines is 1. The first kappa shape index (κ1) is 15.8. The Bertz CT molecular complexity index is 446. The molecule has 0 heterocycles. The van der Waals surface area contributed by atoms with Gasteiger partial charge in [0.25, 0.3) is 0 Å². The van der Waals surface area contributed by atoms with Crippen LogP contribution in [-0.4, -0.2) is 36.9 Å². The summed E-state index contributed by atoms with van der Waals surface area (Å²) in [5.41, 5.74) is 0.729. The summed E-state index contributed by atoms with van der Waals surface area (Å²) in [5, 5.41) is 12.7. The first-order valence-electron chi connectivity index (χ1n) is 7.42. The molecule has 116 valence electrons. The summed E-state index contributed by atoms with van der Waals surface area (Å²) in [5.74, 6) is 0.643. The van der Waals surface area contributed by atoms with E-state index in [-0.39, 0.29) is 18.1 Å². The minimum atomic E-state index is -0.382. The highest BCUT2D eigenvalue weighted by molar-refractivity contribution is 5.90. The summed E-state index contributed by atoms with van der Waals surface area (Å²) in [7, 11) is 1.57. The summed E-state index contributed by atoms with van der Waals surface area (Å²) in [4.78, 5) is 11.6. The highest BCUT2D eigenvalue weighted by atomic mass is 16.5. The number of aliphatic hydroxyl groups excluding tert-OH is 1. The lowest BCUT2D eigenvalue weighted by Gasteiger charge is -2.28. The fourth-order valence-corrected chi connectivity index (χ4v) is 2.42. The monoisotopic (exact) mass is 293 g/mol. The lowest BCUT2D eigenvalue weighted by Crippen LogP contribution is -2.34. The summed E-state index contributed by atoms with van der Waals surface area (Å²) < 4.78 is 10.7. The molecule has 0 saturated heterocycles. The van der Waals surface area contributed by atoms with Crippen LogP contribution in [0.1, 0.15) is 32.1 Å². The second-order valence-electron chi connectivity index (χ2n) is 5.32. The minimum Gasteiger partial charge on any atom is -0.488 e.